The zero-order chi connectivity index (χ0) is 22.3. The fourth-order valence-corrected chi connectivity index (χ4v) is 3.85. The van der Waals surface area contributed by atoms with Gasteiger partial charge in [-0.2, -0.15) is 5.10 Å². The van der Waals surface area contributed by atoms with Gasteiger partial charge in [-0.25, -0.2) is 13.8 Å². The van der Waals surface area contributed by atoms with E-state index < -0.39 is 15.9 Å². The van der Waals surface area contributed by atoms with Crippen LogP contribution in [-0.4, -0.2) is 27.6 Å². The molecule has 0 saturated carbocycles. The molecule has 0 radical (unpaired) electrons. The van der Waals surface area contributed by atoms with Crippen molar-refractivity contribution in [1.82, 2.24) is 5.43 Å². The Bertz CT molecular complexity index is 1170. The number of rotatable bonds is 8. The minimum atomic E-state index is -3.87. The molecular formula is C23H23N3O4S. The zero-order valence-electron chi connectivity index (χ0n) is 17.2. The van der Waals surface area contributed by atoms with E-state index in [0.29, 0.717) is 11.4 Å². The molecular weight excluding hydrogens is 414 g/mol. The van der Waals surface area contributed by atoms with Crippen molar-refractivity contribution in [3.05, 3.63) is 89.5 Å². The lowest BCUT2D eigenvalue weighted by atomic mass is 10.1. The number of carbonyl (C=O) groups excluding carboxylic acids is 1. The lowest BCUT2D eigenvalue weighted by Crippen LogP contribution is -2.19. The number of methoxy groups -OCH3 is 1. The summed E-state index contributed by atoms with van der Waals surface area (Å²) in [6.45, 7) is 2.07. The van der Waals surface area contributed by atoms with E-state index in [2.05, 4.69) is 22.2 Å². The normalized spacial score (nSPS) is 11.3. The fourth-order valence-electron chi connectivity index (χ4n) is 2.75. The third-order valence-electron chi connectivity index (χ3n) is 4.52. The summed E-state index contributed by atoms with van der Waals surface area (Å²) in [4.78, 5) is 12.4. The van der Waals surface area contributed by atoms with E-state index in [-0.39, 0.29) is 10.5 Å². The molecule has 0 aromatic heterocycles. The average molecular weight is 438 g/mol. The summed E-state index contributed by atoms with van der Waals surface area (Å²) in [6, 6.07) is 20.0. The van der Waals surface area contributed by atoms with Gasteiger partial charge >= 0.3 is 0 Å². The summed E-state index contributed by atoms with van der Waals surface area (Å²) >= 11 is 0. The molecule has 0 heterocycles. The molecule has 0 aliphatic heterocycles. The van der Waals surface area contributed by atoms with Crippen molar-refractivity contribution in [2.24, 2.45) is 5.10 Å². The molecule has 31 heavy (non-hydrogen) atoms. The van der Waals surface area contributed by atoms with Gasteiger partial charge in [0.1, 0.15) is 5.75 Å². The molecule has 160 valence electrons. The van der Waals surface area contributed by atoms with Crippen molar-refractivity contribution in [2.75, 3.05) is 11.8 Å². The minimum absolute atomic E-state index is 0.0323. The van der Waals surface area contributed by atoms with E-state index in [9.17, 15) is 13.2 Å². The van der Waals surface area contributed by atoms with Crippen LogP contribution in [0.3, 0.4) is 0 Å². The maximum atomic E-state index is 12.7. The maximum Gasteiger partial charge on any atom is 0.271 e. The van der Waals surface area contributed by atoms with Crippen LogP contribution in [0, 0.1) is 0 Å². The first-order valence-corrected chi connectivity index (χ1v) is 11.1. The highest BCUT2D eigenvalue weighted by molar-refractivity contribution is 7.92. The summed E-state index contributed by atoms with van der Waals surface area (Å²) in [5.74, 6) is 0.103. The van der Waals surface area contributed by atoms with Crippen molar-refractivity contribution >= 4 is 27.8 Å². The smallest absolute Gasteiger partial charge is 0.271 e. The van der Waals surface area contributed by atoms with Crippen LogP contribution in [0.1, 0.15) is 28.4 Å². The Morgan fingerprint density at radius 3 is 2.39 bits per heavy atom. The molecule has 0 atom stereocenters. The highest BCUT2D eigenvalue weighted by Crippen LogP contribution is 2.20. The van der Waals surface area contributed by atoms with Crippen molar-refractivity contribution in [2.45, 2.75) is 18.2 Å². The Hall–Kier alpha value is -3.65. The third kappa shape index (κ3) is 5.93. The maximum absolute atomic E-state index is 12.7. The van der Waals surface area contributed by atoms with Crippen LogP contribution < -0.4 is 14.9 Å². The summed E-state index contributed by atoms with van der Waals surface area (Å²) in [7, 11) is -2.34. The number of benzene rings is 3. The highest BCUT2D eigenvalue weighted by Gasteiger charge is 2.16. The molecule has 0 aliphatic carbocycles. The van der Waals surface area contributed by atoms with Gasteiger partial charge in [-0.05, 0) is 60.0 Å². The van der Waals surface area contributed by atoms with Gasteiger partial charge in [-0.1, -0.05) is 37.3 Å². The van der Waals surface area contributed by atoms with E-state index in [1.807, 2.05) is 24.3 Å². The number of ether oxygens (including phenoxy) is 1. The first-order valence-electron chi connectivity index (χ1n) is 9.60. The standard InChI is InChI=1S/C23H23N3O4S/c1-3-17-7-9-18(10-8-17)16-24-25-23(27)19-5-4-6-22(15-19)31(28,29)26-20-11-13-21(30-2)14-12-20/h4-16,26H,3H2,1-2H3,(H,25,27)/b24-16+. The second-order valence-corrected chi connectivity index (χ2v) is 8.34. The Kier molecular flexibility index (Phi) is 7.04. The highest BCUT2D eigenvalue weighted by atomic mass is 32.2. The molecule has 2 N–H and O–H groups in total. The van der Waals surface area contributed by atoms with E-state index >= 15 is 0 Å². The largest absolute Gasteiger partial charge is 0.497 e. The average Bonchev–Trinajstić information content (AvgIpc) is 2.80. The predicted molar refractivity (Wildman–Crippen MR) is 121 cm³/mol. The number of nitrogens with zero attached hydrogens (tertiary/aromatic N) is 1. The molecule has 0 spiro atoms. The van der Waals surface area contributed by atoms with Crippen molar-refractivity contribution in [1.29, 1.82) is 0 Å². The first kappa shape index (κ1) is 22.0. The summed E-state index contributed by atoms with van der Waals surface area (Å²) in [5.41, 5.74) is 5.03. The summed E-state index contributed by atoms with van der Waals surface area (Å²) in [5, 5.41) is 3.95. The molecule has 0 fully saturated rings. The topological polar surface area (TPSA) is 96.9 Å². The molecule has 3 rings (SSSR count). The van der Waals surface area contributed by atoms with Gasteiger partial charge in [0, 0.05) is 11.3 Å². The van der Waals surface area contributed by atoms with E-state index in [0.717, 1.165) is 12.0 Å². The van der Waals surface area contributed by atoms with Crippen molar-refractivity contribution in [3.8, 4) is 5.75 Å². The number of hydrogen-bond donors (Lipinski definition) is 2. The number of nitrogens with one attached hydrogen (secondary N) is 2. The lowest BCUT2D eigenvalue weighted by Gasteiger charge is -2.09. The van der Waals surface area contributed by atoms with Crippen LogP contribution in [-0.2, 0) is 16.4 Å². The molecule has 3 aromatic rings. The number of hydrazone groups is 1. The molecule has 0 aliphatic rings. The molecule has 0 saturated heterocycles. The monoisotopic (exact) mass is 437 g/mol. The molecule has 8 heteroatoms. The Morgan fingerprint density at radius 2 is 1.74 bits per heavy atom. The van der Waals surface area contributed by atoms with Crippen LogP contribution in [0.25, 0.3) is 0 Å². The molecule has 0 bridgehead atoms. The predicted octanol–water partition coefficient (Wildman–Crippen LogP) is 3.82. The van der Waals surface area contributed by atoms with Crippen molar-refractivity contribution in [3.63, 3.8) is 0 Å². The van der Waals surface area contributed by atoms with Gasteiger partial charge in [-0.3, -0.25) is 9.52 Å². The quantitative estimate of drug-likeness (QED) is 0.414. The zero-order valence-corrected chi connectivity index (χ0v) is 18.0. The number of amides is 1. The Morgan fingerprint density at radius 1 is 1.03 bits per heavy atom. The van der Waals surface area contributed by atoms with Crippen LogP contribution >= 0.6 is 0 Å². The van der Waals surface area contributed by atoms with Gasteiger partial charge in [0.2, 0.25) is 0 Å². The van der Waals surface area contributed by atoms with Crippen LogP contribution in [0.15, 0.2) is 82.8 Å². The van der Waals surface area contributed by atoms with Crippen LogP contribution in [0.5, 0.6) is 5.75 Å². The van der Waals surface area contributed by atoms with E-state index in [4.69, 9.17) is 4.74 Å². The number of hydrogen-bond acceptors (Lipinski definition) is 5. The van der Waals surface area contributed by atoms with Gasteiger partial charge in [0.15, 0.2) is 0 Å². The van der Waals surface area contributed by atoms with Crippen LogP contribution in [0.2, 0.25) is 0 Å². The van der Waals surface area contributed by atoms with E-state index in [1.54, 1.807) is 24.3 Å². The van der Waals surface area contributed by atoms with Gasteiger partial charge < -0.3 is 4.74 Å². The first-order chi connectivity index (χ1) is 14.9. The second-order valence-electron chi connectivity index (χ2n) is 6.66. The second kappa shape index (κ2) is 9.90. The Balaban J connectivity index is 1.68. The number of carbonyl (C=O) groups is 1. The molecule has 1 amide bonds. The fraction of sp³-hybridized carbons (Fsp3) is 0.130. The molecule has 3 aromatic carbocycles. The number of anilines is 1. The van der Waals surface area contributed by atoms with Gasteiger partial charge in [0.25, 0.3) is 15.9 Å². The molecule has 7 nitrogen and oxygen atoms in total. The van der Waals surface area contributed by atoms with Gasteiger partial charge in [0.05, 0.1) is 18.2 Å². The van der Waals surface area contributed by atoms with E-state index in [1.165, 1.54) is 43.2 Å². The summed E-state index contributed by atoms with van der Waals surface area (Å²) in [6.07, 6.45) is 2.48. The Labute approximate surface area is 181 Å². The summed E-state index contributed by atoms with van der Waals surface area (Å²) < 4.78 is 32.9. The SMILES string of the molecule is CCc1ccc(/C=N/NC(=O)c2cccc(S(=O)(=O)Nc3ccc(OC)cc3)c2)cc1. The van der Waals surface area contributed by atoms with Crippen LogP contribution in [0.4, 0.5) is 5.69 Å². The van der Waals surface area contributed by atoms with Crippen molar-refractivity contribution < 1.29 is 17.9 Å². The molecule has 0 unspecified atom stereocenters. The number of sulfonamides is 1. The lowest BCUT2D eigenvalue weighted by molar-refractivity contribution is 0.0955. The van der Waals surface area contributed by atoms with Gasteiger partial charge in [-0.15, -0.1) is 0 Å². The minimum Gasteiger partial charge on any atom is -0.497 e. The number of aryl methyl sites for hydroxylation is 1. The third-order valence-corrected chi connectivity index (χ3v) is 5.90.